The summed E-state index contributed by atoms with van der Waals surface area (Å²) >= 11 is 0. The highest BCUT2D eigenvalue weighted by Gasteiger charge is 2.19. The lowest BCUT2D eigenvalue weighted by Crippen LogP contribution is -2.31. The molecule has 2 aromatic carbocycles. The number of hydrogen-bond acceptors (Lipinski definition) is 4. The molecule has 0 saturated heterocycles. The highest BCUT2D eigenvalue weighted by atomic mass is 16.5. The van der Waals surface area contributed by atoms with E-state index in [-0.39, 0.29) is 24.5 Å². The SMILES string of the molecule is C[C@H](NC(=O)COc1cccc(C#N)c1)c1ccc2c(c1)CC(=O)N2. The lowest BCUT2D eigenvalue weighted by molar-refractivity contribution is -0.123. The molecule has 0 spiro atoms. The van der Waals surface area contributed by atoms with Crippen molar-refractivity contribution in [3.63, 3.8) is 0 Å². The third kappa shape index (κ3) is 3.96. The first kappa shape index (κ1) is 16.5. The van der Waals surface area contributed by atoms with Gasteiger partial charge in [-0.3, -0.25) is 9.59 Å². The summed E-state index contributed by atoms with van der Waals surface area (Å²) in [7, 11) is 0. The summed E-state index contributed by atoms with van der Waals surface area (Å²) in [4.78, 5) is 23.5. The van der Waals surface area contributed by atoms with Crippen LogP contribution in [0, 0.1) is 11.3 Å². The predicted octanol–water partition coefficient (Wildman–Crippen LogP) is 2.31. The zero-order valence-corrected chi connectivity index (χ0v) is 13.7. The summed E-state index contributed by atoms with van der Waals surface area (Å²) in [6.07, 6.45) is 0.363. The largest absolute Gasteiger partial charge is 0.484 e. The number of carbonyl (C=O) groups is 2. The van der Waals surface area contributed by atoms with Gasteiger partial charge < -0.3 is 15.4 Å². The maximum Gasteiger partial charge on any atom is 0.258 e. The average Bonchev–Trinajstić information content (AvgIpc) is 2.99. The molecule has 0 radical (unpaired) electrons. The molecule has 0 saturated carbocycles. The van der Waals surface area contributed by atoms with Gasteiger partial charge in [0, 0.05) is 5.69 Å². The number of carbonyl (C=O) groups excluding carboxylic acids is 2. The Morgan fingerprint density at radius 1 is 1.36 bits per heavy atom. The Hall–Kier alpha value is -3.33. The molecule has 6 nitrogen and oxygen atoms in total. The average molecular weight is 335 g/mol. The maximum absolute atomic E-state index is 12.1. The van der Waals surface area contributed by atoms with E-state index in [0.29, 0.717) is 17.7 Å². The molecule has 1 heterocycles. The van der Waals surface area contributed by atoms with Crippen molar-refractivity contribution in [1.29, 1.82) is 5.26 Å². The second kappa shape index (κ2) is 7.05. The van der Waals surface area contributed by atoms with Gasteiger partial charge in [-0.1, -0.05) is 18.2 Å². The van der Waals surface area contributed by atoms with Gasteiger partial charge >= 0.3 is 0 Å². The molecule has 1 atom stereocenters. The van der Waals surface area contributed by atoms with Crippen molar-refractivity contribution in [2.75, 3.05) is 11.9 Å². The second-order valence-electron chi connectivity index (χ2n) is 5.86. The van der Waals surface area contributed by atoms with Crippen molar-refractivity contribution in [3.8, 4) is 11.8 Å². The van der Waals surface area contributed by atoms with Crippen LogP contribution in [0.4, 0.5) is 5.69 Å². The molecule has 0 aliphatic carbocycles. The molecule has 0 unspecified atom stereocenters. The summed E-state index contributed by atoms with van der Waals surface area (Å²) in [6, 6.07) is 14.1. The third-order valence-corrected chi connectivity index (χ3v) is 3.96. The molecule has 0 aromatic heterocycles. The Bertz CT molecular complexity index is 870. The molecule has 2 amide bonds. The molecule has 0 fully saturated rings. The topological polar surface area (TPSA) is 91.2 Å². The van der Waals surface area contributed by atoms with Crippen LogP contribution >= 0.6 is 0 Å². The minimum absolute atomic E-state index is 0.0168. The normalized spacial score (nSPS) is 13.4. The molecular weight excluding hydrogens is 318 g/mol. The van der Waals surface area contributed by atoms with Crippen molar-refractivity contribution >= 4 is 17.5 Å². The number of nitrogens with zero attached hydrogens (tertiary/aromatic N) is 1. The predicted molar refractivity (Wildman–Crippen MR) is 92.0 cm³/mol. The van der Waals surface area contributed by atoms with Crippen LogP contribution < -0.4 is 15.4 Å². The number of fused-ring (bicyclic) bond motifs is 1. The van der Waals surface area contributed by atoms with Crippen LogP contribution in [0.5, 0.6) is 5.75 Å². The lowest BCUT2D eigenvalue weighted by atomic mass is 10.0. The fourth-order valence-electron chi connectivity index (χ4n) is 2.69. The van der Waals surface area contributed by atoms with Crippen LogP contribution in [-0.2, 0) is 16.0 Å². The van der Waals surface area contributed by atoms with Crippen LogP contribution in [0.2, 0.25) is 0 Å². The lowest BCUT2D eigenvalue weighted by Gasteiger charge is -2.15. The van der Waals surface area contributed by atoms with Gasteiger partial charge in [0.05, 0.1) is 24.1 Å². The Balaban J connectivity index is 1.57. The first-order chi connectivity index (χ1) is 12.0. The number of hydrogen-bond donors (Lipinski definition) is 2. The van der Waals surface area contributed by atoms with Crippen LogP contribution in [0.1, 0.15) is 29.7 Å². The molecule has 2 N–H and O–H groups in total. The van der Waals surface area contributed by atoms with E-state index < -0.39 is 0 Å². The molecule has 1 aliphatic rings. The van der Waals surface area contributed by atoms with Gasteiger partial charge in [0.1, 0.15) is 5.75 Å². The van der Waals surface area contributed by atoms with Crippen molar-refractivity contribution < 1.29 is 14.3 Å². The standard InChI is InChI=1S/C19H17N3O3/c1-12(14-5-6-17-15(8-14)9-18(23)22-17)21-19(24)11-25-16-4-2-3-13(7-16)10-20/h2-8,12H,9,11H2,1H3,(H,21,24)(H,22,23)/t12-/m0/s1. The zero-order valence-electron chi connectivity index (χ0n) is 13.7. The van der Waals surface area contributed by atoms with E-state index in [9.17, 15) is 9.59 Å². The number of rotatable bonds is 5. The highest BCUT2D eigenvalue weighted by molar-refractivity contribution is 5.99. The molecular formula is C19H17N3O3. The van der Waals surface area contributed by atoms with Crippen LogP contribution in [-0.4, -0.2) is 18.4 Å². The van der Waals surface area contributed by atoms with Gasteiger partial charge in [-0.25, -0.2) is 0 Å². The fourth-order valence-corrected chi connectivity index (χ4v) is 2.69. The Kier molecular flexibility index (Phi) is 4.66. The molecule has 6 heteroatoms. The smallest absolute Gasteiger partial charge is 0.258 e. The van der Waals surface area contributed by atoms with Gasteiger partial charge in [-0.05, 0) is 42.3 Å². The van der Waals surface area contributed by atoms with Gasteiger partial charge in [-0.2, -0.15) is 5.26 Å². The Morgan fingerprint density at radius 2 is 2.20 bits per heavy atom. The number of nitrogens with one attached hydrogen (secondary N) is 2. The van der Waals surface area contributed by atoms with E-state index in [4.69, 9.17) is 10.00 Å². The third-order valence-electron chi connectivity index (χ3n) is 3.96. The van der Waals surface area contributed by atoms with Gasteiger partial charge in [0.25, 0.3) is 5.91 Å². The van der Waals surface area contributed by atoms with E-state index in [0.717, 1.165) is 16.8 Å². The molecule has 126 valence electrons. The van der Waals surface area contributed by atoms with Gasteiger partial charge in [0.2, 0.25) is 5.91 Å². The molecule has 25 heavy (non-hydrogen) atoms. The summed E-state index contributed by atoms with van der Waals surface area (Å²) in [5.74, 6) is 0.199. The summed E-state index contributed by atoms with van der Waals surface area (Å²) in [5, 5.41) is 14.5. The number of benzene rings is 2. The van der Waals surface area contributed by atoms with E-state index in [2.05, 4.69) is 10.6 Å². The number of ether oxygens (including phenoxy) is 1. The van der Waals surface area contributed by atoms with Crippen LogP contribution in [0.3, 0.4) is 0 Å². The maximum atomic E-state index is 12.1. The van der Waals surface area contributed by atoms with Crippen molar-refractivity contribution in [2.45, 2.75) is 19.4 Å². The first-order valence-corrected chi connectivity index (χ1v) is 7.90. The van der Waals surface area contributed by atoms with E-state index >= 15 is 0 Å². The molecule has 0 bridgehead atoms. The van der Waals surface area contributed by atoms with Gasteiger partial charge in [0.15, 0.2) is 6.61 Å². The highest BCUT2D eigenvalue weighted by Crippen LogP contribution is 2.26. The van der Waals surface area contributed by atoms with Crippen molar-refractivity contribution in [2.24, 2.45) is 0 Å². The van der Waals surface area contributed by atoms with Crippen molar-refractivity contribution in [3.05, 3.63) is 59.2 Å². The van der Waals surface area contributed by atoms with Crippen LogP contribution in [0.25, 0.3) is 0 Å². The Labute approximate surface area is 145 Å². The van der Waals surface area contributed by atoms with E-state index in [1.807, 2.05) is 31.2 Å². The molecule has 1 aliphatic heterocycles. The van der Waals surface area contributed by atoms with E-state index in [1.54, 1.807) is 24.3 Å². The zero-order chi connectivity index (χ0) is 17.8. The minimum Gasteiger partial charge on any atom is -0.484 e. The minimum atomic E-state index is -0.260. The monoisotopic (exact) mass is 335 g/mol. The van der Waals surface area contributed by atoms with E-state index in [1.165, 1.54) is 0 Å². The fraction of sp³-hybridized carbons (Fsp3) is 0.211. The second-order valence-corrected chi connectivity index (χ2v) is 5.86. The molecule has 2 aromatic rings. The Morgan fingerprint density at radius 3 is 3.00 bits per heavy atom. The van der Waals surface area contributed by atoms with Gasteiger partial charge in [-0.15, -0.1) is 0 Å². The number of amides is 2. The summed E-state index contributed by atoms with van der Waals surface area (Å²) in [6.45, 7) is 1.74. The summed E-state index contributed by atoms with van der Waals surface area (Å²) in [5.41, 5.74) is 3.17. The van der Waals surface area contributed by atoms with Crippen LogP contribution in [0.15, 0.2) is 42.5 Å². The molecule has 3 rings (SSSR count). The first-order valence-electron chi connectivity index (χ1n) is 7.90. The number of nitriles is 1. The summed E-state index contributed by atoms with van der Waals surface area (Å²) < 4.78 is 5.42. The van der Waals surface area contributed by atoms with Crippen molar-refractivity contribution in [1.82, 2.24) is 5.32 Å². The number of anilines is 1. The quantitative estimate of drug-likeness (QED) is 0.877.